The van der Waals surface area contributed by atoms with E-state index in [2.05, 4.69) is 0 Å². The van der Waals surface area contributed by atoms with E-state index in [1.807, 2.05) is 0 Å². The molecule has 1 unspecified atom stereocenters. The van der Waals surface area contributed by atoms with Crippen molar-refractivity contribution in [2.24, 2.45) is 0 Å². The van der Waals surface area contributed by atoms with Gasteiger partial charge in [0.25, 0.3) is 0 Å². The fourth-order valence-electron chi connectivity index (χ4n) is 0. The van der Waals surface area contributed by atoms with Gasteiger partial charge in [0.15, 0.2) is 12.1 Å². The molecule has 1 atom stereocenters. The third kappa shape index (κ3) is 49.6. The van der Waals surface area contributed by atoms with Crippen LogP contribution in [-0.4, -0.2) is 0 Å². The van der Waals surface area contributed by atoms with Crippen molar-refractivity contribution in [1.82, 2.24) is 0 Å². The number of rotatable bonds is 0. The van der Waals surface area contributed by atoms with Crippen molar-refractivity contribution >= 4 is 23.4 Å². The standard InChI is InChI=1S/C2N2.H3P.H2S/c3-1-2-4;;/h;1H3;1H2. The first kappa shape index (κ1) is 17.1. The Kier molecular flexibility index (Phi) is 62.0. The Balaban J connectivity index is -0.0000000450. The Labute approximate surface area is 46.8 Å². The van der Waals surface area contributed by atoms with Gasteiger partial charge >= 0.3 is 0 Å². The van der Waals surface area contributed by atoms with Gasteiger partial charge in [0.2, 0.25) is 0 Å². The highest BCUT2D eigenvalue weighted by molar-refractivity contribution is 7.59. The second kappa shape index (κ2) is 21.7. The summed E-state index contributed by atoms with van der Waals surface area (Å²) in [6.45, 7) is 0. The van der Waals surface area contributed by atoms with Crippen LogP contribution in [0.25, 0.3) is 0 Å². The van der Waals surface area contributed by atoms with Gasteiger partial charge < -0.3 is 0 Å². The zero-order chi connectivity index (χ0) is 3.41. The molecule has 0 aliphatic heterocycles. The van der Waals surface area contributed by atoms with Gasteiger partial charge in [-0.25, -0.2) is 0 Å². The Morgan fingerprint density at radius 2 is 1.17 bits per heavy atom. The molecule has 0 aliphatic rings. The first-order valence-corrected chi connectivity index (χ1v) is 0.697. The Morgan fingerprint density at radius 3 is 1.17 bits per heavy atom. The summed E-state index contributed by atoms with van der Waals surface area (Å²) in [5.74, 6) is 0. The minimum absolute atomic E-state index is 0. The Bertz CT molecular complexity index is 66.5. The summed E-state index contributed by atoms with van der Waals surface area (Å²) in [4.78, 5) is 0. The van der Waals surface area contributed by atoms with E-state index in [0.29, 0.717) is 0 Å². The maximum absolute atomic E-state index is 7.26. The number of hydrogen-bond acceptors (Lipinski definition) is 2. The fraction of sp³-hybridized carbons (Fsp3) is 0. The largest absolute Gasteiger partial charge is 0.197 e. The van der Waals surface area contributed by atoms with E-state index in [9.17, 15) is 0 Å². The molecule has 0 aliphatic carbocycles. The quantitative estimate of drug-likeness (QED) is 0.429. The monoisotopic (exact) mass is 120 g/mol. The van der Waals surface area contributed by atoms with E-state index < -0.39 is 0 Å². The smallest absolute Gasteiger partial charge is 0.181 e. The molecule has 0 fully saturated rings. The van der Waals surface area contributed by atoms with Crippen LogP contribution >= 0.6 is 23.4 Å². The molecule has 0 rings (SSSR count). The van der Waals surface area contributed by atoms with Gasteiger partial charge in [-0.1, -0.05) is 0 Å². The summed E-state index contributed by atoms with van der Waals surface area (Å²) in [5, 5.41) is 14.5. The normalized spacial score (nSPS) is 1.67. The fourth-order valence-corrected chi connectivity index (χ4v) is 0. The van der Waals surface area contributed by atoms with Crippen LogP contribution in [0.5, 0.6) is 0 Å². The van der Waals surface area contributed by atoms with Crippen molar-refractivity contribution in [3.8, 4) is 12.1 Å². The molecule has 34 valence electrons. The molecule has 0 N–H and O–H groups in total. The first-order valence-electron chi connectivity index (χ1n) is 0.697. The highest BCUT2D eigenvalue weighted by atomic mass is 32.1. The van der Waals surface area contributed by atoms with E-state index in [-0.39, 0.29) is 23.4 Å². The molecule has 0 saturated heterocycles. The van der Waals surface area contributed by atoms with Crippen molar-refractivity contribution in [3.05, 3.63) is 0 Å². The third-order valence-electron chi connectivity index (χ3n) is 0.0500. The van der Waals surface area contributed by atoms with Gasteiger partial charge in [-0.3, -0.25) is 0 Å². The topological polar surface area (TPSA) is 47.6 Å². The van der Waals surface area contributed by atoms with Crippen LogP contribution in [0.15, 0.2) is 0 Å². The van der Waals surface area contributed by atoms with E-state index in [1.54, 1.807) is 0 Å². The maximum Gasteiger partial charge on any atom is 0.181 e. The molecule has 0 aromatic carbocycles. The summed E-state index contributed by atoms with van der Waals surface area (Å²) < 4.78 is 0. The van der Waals surface area contributed by atoms with Crippen molar-refractivity contribution in [2.75, 3.05) is 0 Å². The zero-order valence-electron chi connectivity index (χ0n) is 3.10. The highest BCUT2D eigenvalue weighted by Crippen LogP contribution is 1.27. The van der Waals surface area contributed by atoms with Crippen LogP contribution < -0.4 is 0 Å². The van der Waals surface area contributed by atoms with Crippen LogP contribution in [0.2, 0.25) is 0 Å². The predicted molar refractivity (Wildman–Crippen MR) is 32.7 cm³/mol. The Hall–Kier alpha value is -0.240. The molecule has 0 aromatic rings. The van der Waals surface area contributed by atoms with Crippen molar-refractivity contribution < 1.29 is 0 Å². The summed E-state index contributed by atoms with van der Waals surface area (Å²) in [6, 6.07) is 2.47. The summed E-state index contributed by atoms with van der Waals surface area (Å²) >= 11 is 0. The van der Waals surface area contributed by atoms with Crippen LogP contribution in [0.3, 0.4) is 0 Å². The van der Waals surface area contributed by atoms with E-state index in [0.717, 1.165) is 0 Å². The average molecular weight is 120 g/mol. The minimum Gasteiger partial charge on any atom is -0.197 e. The third-order valence-corrected chi connectivity index (χ3v) is 0.0500. The van der Waals surface area contributed by atoms with E-state index >= 15 is 0 Å². The van der Waals surface area contributed by atoms with Gasteiger partial charge in [0.05, 0.1) is 0 Å². The van der Waals surface area contributed by atoms with Crippen molar-refractivity contribution in [3.63, 3.8) is 0 Å². The second-order valence-electron chi connectivity index (χ2n) is 0.224. The molecule has 0 radical (unpaired) electrons. The molecular formula is C2H5N2PS. The number of hydrogen-bond donors (Lipinski definition) is 0. The lowest BCUT2D eigenvalue weighted by Gasteiger charge is -1.16. The van der Waals surface area contributed by atoms with Crippen molar-refractivity contribution in [1.29, 1.82) is 10.5 Å². The molecule has 0 heterocycles. The van der Waals surface area contributed by atoms with E-state index in [4.69, 9.17) is 10.5 Å². The number of nitriles is 2. The van der Waals surface area contributed by atoms with Crippen molar-refractivity contribution in [2.45, 2.75) is 0 Å². The van der Waals surface area contributed by atoms with Crippen LogP contribution in [0, 0.1) is 22.7 Å². The lowest BCUT2D eigenvalue weighted by molar-refractivity contribution is 1.49. The lowest BCUT2D eigenvalue weighted by Crippen LogP contribution is -1.26. The van der Waals surface area contributed by atoms with Gasteiger partial charge in [-0.2, -0.15) is 33.9 Å². The van der Waals surface area contributed by atoms with Crippen LogP contribution in [0.1, 0.15) is 0 Å². The summed E-state index contributed by atoms with van der Waals surface area (Å²) in [7, 11) is 0. The van der Waals surface area contributed by atoms with Gasteiger partial charge in [-0.05, 0) is 0 Å². The second-order valence-corrected chi connectivity index (χ2v) is 0.224. The molecule has 0 bridgehead atoms. The minimum atomic E-state index is 0. The molecule has 4 heteroatoms. The Morgan fingerprint density at radius 1 is 1.00 bits per heavy atom. The van der Waals surface area contributed by atoms with Crippen LogP contribution in [-0.2, 0) is 0 Å². The summed E-state index contributed by atoms with van der Waals surface area (Å²) in [6.07, 6.45) is 0. The SMILES string of the molecule is N#CC#N.P.S. The zero-order valence-corrected chi connectivity index (χ0v) is 5.52. The van der Waals surface area contributed by atoms with E-state index in [1.165, 1.54) is 12.1 Å². The lowest BCUT2D eigenvalue weighted by atomic mass is 10.9. The molecular weight excluding hydrogens is 115 g/mol. The van der Waals surface area contributed by atoms with Gasteiger partial charge in [0.1, 0.15) is 0 Å². The summed E-state index contributed by atoms with van der Waals surface area (Å²) in [5.41, 5.74) is 0. The maximum atomic E-state index is 7.26. The molecule has 0 amide bonds. The molecule has 2 nitrogen and oxygen atoms in total. The average Bonchev–Trinajstić information content (AvgIpc) is 1.37. The van der Waals surface area contributed by atoms with Gasteiger partial charge in [0, 0.05) is 0 Å². The molecule has 0 spiro atoms. The van der Waals surface area contributed by atoms with Crippen LogP contribution in [0.4, 0.5) is 0 Å². The molecule has 0 saturated carbocycles. The molecule has 6 heavy (non-hydrogen) atoms. The molecule has 0 aromatic heterocycles. The first-order chi connectivity index (χ1) is 1.91. The predicted octanol–water partition coefficient (Wildman–Crippen LogP) is 0.204. The highest BCUT2D eigenvalue weighted by Gasteiger charge is 1.39. The van der Waals surface area contributed by atoms with Gasteiger partial charge in [-0.15, -0.1) is 0 Å². The number of nitrogens with zero attached hydrogens (tertiary/aromatic N) is 2.